The van der Waals surface area contributed by atoms with Crippen LogP contribution in [0.15, 0.2) is 36.9 Å². The topological polar surface area (TPSA) is 17.1 Å². The van der Waals surface area contributed by atoms with Gasteiger partial charge in [-0.1, -0.05) is 18.2 Å². The van der Waals surface area contributed by atoms with E-state index >= 15 is 0 Å². The fraction of sp³-hybridized carbons (Fsp3) is 0.182. The minimum atomic E-state index is -0.371. The summed E-state index contributed by atoms with van der Waals surface area (Å²) in [5.41, 5.74) is 0.432. The molecular formula is C11H11FOS. The van der Waals surface area contributed by atoms with E-state index in [1.807, 2.05) is 0 Å². The molecule has 1 rings (SSSR count). The maximum Gasteiger partial charge on any atom is 0.172 e. The number of hydrogen-bond acceptors (Lipinski definition) is 2. The van der Waals surface area contributed by atoms with Crippen LogP contribution in [0.5, 0.6) is 0 Å². The molecule has 0 atom stereocenters. The molecule has 0 aliphatic rings. The van der Waals surface area contributed by atoms with Gasteiger partial charge in [0.2, 0.25) is 0 Å². The lowest BCUT2D eigenvalue weighted by molar-refractivity contribution is 0.102. The van der Waals surface area contributed by atoms with Gasteiger partial charge in [-0.15, -0.1) is 18.3 Å². The molecule has 0 aromatic heterocycles. The Morgan fingerprint density at radius 1 is 1.57 bits per heavy atom. The predicted molar refractivity (Wildman–Crippen MR) is 58.3 cm³/mol. The van der Waals surface area contributed by atoms with Gasteiger partial charge in [-0.25, -0.2) is 4.39 Å². The van der Waals surface area contributed by atoms with Crippen molar-refractivity contribution in [1.29, 1.82) is 0 Å². The molecule has 0 fully saturated rings. The lowest BCUT2D eigenvalue weighted by Gasteiger charge is -1.99. The Kier molecular flexibility index (Phi) is 4.40. The third-order valence-corrected chi connectivity index (χ3v) is 2.55. The van der Waals surface area contributed by atoms with Gasteiger partial charge >= 0.3 is 0 Å². The van der Waals surface area contributed by atoms with Gasteiger partial charge in [-0.3, -0.25) is 4.79 Å². The lowest BCUT2D eigenvalue weighted by atomic mass is 10.1. The van der Waals surface area contributed by atoms with E-state index in [0.717, 1.165) is 5.75 Å². The third-order valence-electron chi connectivity index (χ3n) is 1.62. The average molecular weight is 210 g/mol. The molecule has 1 nitrogen and oxygen atoms in total. The summed E-state index contributed by atoms with van der Waals surface area (Å²) in [5.74, 6) is 0.692. The highest BCUT2D eigenvalue weighted by Crippen LogP contribution is 2.09. The molecule has 14 heavy (non-hydrogen) atoms. The summed E-state index contributed by atoms with van der Waals surface area (Å²) in [4.78, 5) is 11.4. The van der Waals surface area contributed by atoms with Crippen LogP contribution in [0.4, 0.5) is 4.39 Å². The number of benzene rings is 1. The van der Waals surface area contributed by atoms with Gasteiger partial charge < -0.3 is 0 Å². The monoisotopic (exact) mass is 210 g/mol. The zero-order valence-electron chi connectivity index (χ0n) is 7.70. The molecule has 74 valence electrons. The van der Waals surface area contributed by atoms with Crippen molar-refractivity contribution >= 4 is 17.5 Å². The number of rotatable bonds is 5. The Balaban J connectivity index is 2.56. The molecule has 0 aliphatic heterocycles. The van der Waals surface area contributed by atoms with Gasteiger partial charge in [-0.05, 0) is 12.1 Å². The third kappa shape index (κ3) is 3.34. The molecule has 0 bridgehead atoms. The molecule has 0 N–H and O–H groups in total. The van der Waals surface area contributed by atoms with Crippen molar-refractivity contribution in [2.45, 2.75) is 0 Å². The molecule has 0 unspecified atom stereocenters. The second-order valence-corrected chi connectivity index (χ2v) is 3.77. The molecule has 0 saturated heterocycles. The summed E-state index contributed by atoms with van der Waals surface area (Å²) in [5, 5.41) is 0. The lowest BCUT2D eigenvalue weighted by Crippen LogP contribution is -2.02. The van der Waals surface area contributed by atoms with Crippen LogP contribution in [0.1, 0.15) is 10.4 Å². The van der Waals surface area contributed by atoms with Gasteiger partial charge in [0, 0.05) is 11.3 Å². The summed E-state index contributed by atoms with van der Waals surface area (Å²) in [6.45, 7) is 3.55. The first-order chi connectivity index (χ1) is 6.74. The molecule has 0 amide bonds. The molecule has 0 saturated carbocycles. The second kappa shape index (κ2) is 5.60. The normalized spacial score (nSPS) is 9.79. The number of carbonyl (C=O) groups is 1. The maximum absolute atomic E-state index is 12.7. The minimum Gasteiger partial charge on any atom is -0.293 e. The van der Waals surface area contributed by atoms with Crippen LogP contribution < -0.4 is 0 Å². The SMILES string of the molecule is C=CCSCC(=O)c1cccc(F)c1. The Bertz CT molecular complexity index is 336. The standard InChI is InChI=1S/C11H11FOS/c1-2-6-14-8-11(13)9-4-3-5-10(12)7-9/h2-5,7H,1,6,8H2. The molecule has 0 spiro atoms. The van der Waals surface area contributed by atoms with E-state index in [-0.39, 0.29) is 11.6 Å². The highest BCUT2D eigenvalue weighted by atomic mass is 32.2. The number of carbonyl (C=O) groups excluding carboxylic acids is 1. The number of thioether (sulfide) groups is 1. The quantitative estimate of drug-likeness (QED) is 0.422. The van der Waals surface area contributed by atoms with Crippen molar-refractivity contribution in [2.75, 3.05) is 11.5 Å². The largest absolute Gasteiger partial charge is 0.293 e. The Morgan fingerprint density at radius 2 is 2.36 bits per heavy atom. The van der Waals surface area contributed by atoms with Crippen molar-refractivity contribution in [2.24, 2.45) is 0 Å². The molecular weight excluding hydrogens is 199 g/mol. The second-order valence-electron chi connectivity index (χ2n) is 2.74. The van der Waals surface area contributed by atoms with E-state index in [1.165, 1.54) is 23.9 Å². The fourth-order valence-electron chi connectivity index (χ4n) is 0.980. The Hall–Kier alpha value is -1.09. The molecule has 1 aromatic rings. The average Bonchev–Trinajstić information content (AvgIpc) is 2.18. The van der Waals surface area contributed by atoms with E-state index in [2.05, 4.69) is 6.58 Å². The van der Waals surface area contributed by atoms with Crippen LogP contribution in [0, 0.1) is 5.82 Å². The Morgan fingerprint density at radius 3 is 3.00 bits per heavy atom. The van der Waals surface area contributed by atoms with E-state index in [1.54, 1.807) is 18.2 Å². The summed E-state index contributed by atoms with van der Waals surface area (Å²) in [6.07, 6.45) is 1.74. The number of hydrogen-bond donors (Lipinski definition) is 0. The zero-order valence-corrected chi connectivity index (χ0v) is 8.52. The Labute approximate surface area is 87.0 Å². The van der Waals surface area contributed by atoms with Gasteiger partial charge in [0.15, 0.2) is 5.78 Å². The molecule has 0 aliphatic carbocycles. The minimum absolute atomic E-state index is 0.0450. The summed E-state index contributed by atoms with van der Waals surface area (Å²) < 4.78 is 12.7. The van der Waals surface area contributed by atoms with Crippen molar-refractivity contribution in [1.82, 2.24) is 0 Å². The van der Waals surface area contributed by atoms with Crippen LogP contribution in [0.3, 0.4) is 0 Å². The highest BCUT2D eigenvalue weighted by Gasteiger charge is 2.05. The van der Waals surface area contributed by atoms with Crippen LogP contribution in [-0.2, 0) is 0 Å². The first-order valence-electron chi connectivity index (χ1n) is 4.21. The molecule has 0 radical (unpaired) electrons. The van der Waals surface area contributed by atoms with Crippen molar-refractivity contribution in [3.8, 4) is 0 Å². The van der Waals surface area contributed by atoms with Crippen molar-refractivity contribution in [3.05, 3.63) is 48.3 Å². The fourth-order valence-corrected chi connectivity index (χ4v) is 1.62. The molecule has 1 aromatic carbocycles. The van der Waals surface area contributed by atoms with E-state index in [0.29, 0.717) is 11.3 Å². The van der Waals surface area contributed by atoms with Crippen LogP contribution in [0.2, 0.25) is 0 Å². The van der Waals surface area contributed by atoms with E-state index < -0.39 is 0 Å². The van der Waals surface area contributed by atoms with E-state index in [9.17, 15) is 9.18 Å². The zero-order chi connectivity index (χ0) is 10.4. The van der Waals surface area contributed by atoms with Crippen molar-refractivity contribution < 1.29 is 9.18 Å². The van der Waals surface area contributed by atoms with E-state index in [4.69, 9.17) is 0 Å². The number of halogens is 1. The maximum atomic E-state index is 12.7. The smallest absolute Gasteiger partial charge is 0.172 e. The highest BCUT2D eigenvalue weighted by molar-refractivity contribution is 8.00. The number of ketones is 1. The van der Waals surface area contributed by atoms with Crippen LogP contribution in [-0.4, -0.2) is 17.3 Å². The van der Waals surface area contributed by atoms with Crippen LogP contribution >= 0.6 is 11.8 Å². The summed E-state index contributed by atoms with van der Waals surface area (Å²) >= 11 is 1.47. The van der Waals surface area contributed by atoms with Crippen LogP contribution in [0.25, 0.3) is 0 Å². The van der Waals surface area contributed by atoms with Gasteiger partial charge in [0.25, 0.3) is 0 Å². The molecule has 0 heterocycles. The van der Waals surface area contributed by atoms with Gasteiger partial charge in [-0.2, -0.15) is 0 Å². The van der Waals surface area contributed by atoms with Gasteiger partial charge in [0.1, 0.15) is 5.82 Å². The molecule has 3 heteroatoms. The van der Waals surface area contributed by atoms with Crippen molar-refractivity contribution in [3.63, 3.8) is 0 Å². The summed E-state index contributed by atoms with van der Waals surface area (Å²) in [7, 11) is 0. The first-order valence-corrected chi connectivity index (χ1v) is 5.37. The predicted octanol–water partition coefficient (Wildman–Crippen LogP) is 2.93. The summed E-state index contributed by atoms with van der Waals surface area (Å²) in [6, 6.07) is 5.76. The first kappa shape index (κ1) is 11.0. The number of Topliss-reactive ketones (excluding diaryl/α,β-unsaturated/α-hetero) is 1. The van der Waals surface area contributed by atoms with Gasteiger partial charge in [0.05, 0.1) is 5.75 Å².